The predicted molar refractivity (Wildman–Crippen MR) is 110 cm³/mol. The lowest BCUT2D eigenvalue weighted by Crippen LogP contribution is -2.47. The molecule has 1 saturated heterocycles. The highest BCUT2D eigenvalue weighted by Gasteiger charge is 2.43. The van der Waals surface area contributed by atoms with Gasteiger partial charge in [-0.2, -0.15) is 13.2 Å². The van der Waals surface area contributed by atoms with Crippen molar-refractivity contribution >= 4 is 12.0 Å². The van der Waals surface area contributed by atoms with Crippen molar-refractivity contribution < 1.29 is 27.5 Å². The van der Waals surface area contributed by atoms with Gasteiger partial charge in [0.15, 0.2) is 0 Å². The number of hydrogen-bond acceptors (Lipinski definition) is 3. The van der Waals surface area contributed by atoms with E-state index in [0.29, 0.717) is 19.5 Å². The van der Waals surface area contributed by atoms with Gasteiger partial charge in [0.1, 0.15) is 0 Å². The molecule has 1 unspecified atom stereocenters. The first-order valence-electron chi connectivity index (χ1n) is 11.0. The van der Waals surface area contributed by atoms with Gasteiger partial charge in [0.2, 0.25) is 5.91 Å². The summed E-state index contributed by atoms with van der Waals surface area (Å²) in [6.07, 6.45) is 0.596. The number of amides is 2. The van der Waals surface area contributed by atoms with Crippen molar-refractivity contribution in [3.05, 3.63) is 35.4 Å². The molecule has 5 nitrogen and oxygen atoms in total. The molecule has 1 aromatic rings. The highest BCUT2D eigenvalue weighted by atomic mass is 19.4. The molecule has 1 saturated carbocycles. The molecule has 2 fully saturated rings. The molecule has 31 heavy (non-hydrogen) atoms. The summed E-state index contributed by atoms with van der Waals surface area (Å²) in [4.78, 5) is 26.1. The van der Waals surface area contributed by atoms with Gasteiger partial charge in [0, 0.05) is 19.6 Å². The summed E-state index contributed by atoms with van der Waals surface area (Å²) in [5.41, 5.74) is 0.530. The van der Waals surface area contributed by atoms with E-state index in [1.54, 1.807) is 12.1 Å². The number of hydrogen-bond donors (Lipinski definition) is 1. The van der Waals surface area contributed by atoms with Crippen molar-refractivity contribution in [2.75, 3.05) is 26.7 Å². The molecule has 2 atom stereocenters. The normalized spacial score (nSPS) is 21.7. The van der Waals surface area contributed by atoms with Crippen molar-refractivity contribution in [2.24, 2.45) is 11.3 Å². The molecule has 1 spiro atoms. The van der Waals surface area contributed by atoms with Crippen LogP contribution in [0.1, 0.15) is 62.5 Å². The number of halogens is 3. The number of nitrogens with zero attached hydrogens (tertiary/aromatic N) is 1. The van der Waals surface area contributed by atoms with Crippen molar-refractivity contribution in [1.29, 1.82) is 0 Å². The number of carbonyl (C=O) groups is 2. The van der Waals surface area contributed by atoms with Gasteiger partial charge in [0.05, 0.1) is 18.6 Å². The van der Waals surface area contributed by atoms with Crippen molar-refractivity contribution in [1.82, 2.24) is 10.2 Å². The molecular formula is C23H31F3N2O3. The number of alkyl carbamates (subject to hydrolysis) is 1. The van der Waals surface area contributed by atoms with Crippen LogP contribution in [0.15, 0.2) is 24.3 Å². The number of carbonyl (C=O) groups excluding carboxylic acids is 2. The predicted octanol–water partition coefficient (Wildman–Crippen LogP) is 4.96. The standard InChI is InChI=1S/C23H31F3N2O3/c1-3-16(15-27-21(30)31-2)20(29)28-12-10-22(11-13-28)9-8-18(14-22)17-4-6-19(7-5-17)23(24,25)26/h4-7,16,18H,3,8-15H2,1-2H3,(H,27,30)/t16-,18?/m1/s1. The zero-order chi connectivity index (χ0) is 22.6. The summed E-state index contributed by atoms with van der Waals surface area (Å²) in [5, 5.41) is 2.61. The lowest BCUT2D eigenvalue weighted by atomic mass is 9.75. The van der Waals surface area contributed by atoms with Crippen molar-refractivity contribution in [3.63, 3.8) is 0 Å². The van der Waals surface area contributed by atoms with Gasteiger partial charge in [-0.3, -0.25) is 4.79 Å². The van der Waals surface area contributed by atoms with Gasteiger partial charge in [0.25, 0.3) is 0 Å². The van der Waals surface area contributed by atoms with Crippen LogP contribution in [-0.4, -0.2) is 43.6 Å². The Balaban J connectivity index is 1.54. The highest BCUT2D eigenvalue weighted by molar-refractivity contribution is 5.80. The quantitative estimate of drug-likeness (QED) is 0.704. The number of methoxy groups -OCH3 is 1. The van der Waals surface area contributed by atoms with E-state index in [1.807, 2.05) is 11.8 Å². The molecule has 8 heteroatoms. The Bertz CT molecular complexity index is 771. The molecule has 0 bridgehead atoms. The fourth-order valence-electron chi connectivity index (χ4n) is 5.03. The first kappa shape index (κ1) is 23.4. The van der Waals surface area contributed by atoms with E-state index in [1.165, 1.54) is 19.2 Å². The van der Waals surface area contributed by atoms with E-state index in [-0.39, 0.29) is 29.7 Å². The van der Waals surface area contributed by atoms with E-state index in [4.69, 9.17) is 0 Å². The SMILES string of the molecule is CC[C@H](CNC(=O)OC)C(=O)N1CCC2(CCC(c3ccc(C(F)(F)F)cc3)C2)CC1. The highest BCUT2D eigenvalue weighted by Crippen LogP contribution is 2.52. The van der Waals surface area contributed by atoms with Gasteiger partial charge < -0.3 is 15.0 Å². The number of benzene rings is 1. The lowest BCUT2D eigenvalue weighted by molar-refractivity contribution is -0.138. The van der Waals surface area contributed by atoms with Gasteiger partial charge >= 0.3 is 12.3 Å². The van der Waals surface area contributed by atoms with Crippen LogP contribution in [0.25, 0.3) is 0 Å². The summed E-state index contributed by atoms with van der Waals surface area (Å²) in [6.45, 7) is 3.57. The smallest absolute Gasteiger partial charge is 0.416 e. The molecule has 0 aromatic heterocycles. The number of alkyl halides is 3. The van der Waals surface area contributed by atoms with Crippen molar-refractivity contribution in [2.45, 2.75) is 57.5 Å². The average Bonchev–Trinajstić information content (AvgIpc) is 3.17. The first-order valence-corrected chi connectivity index (χ1v) is 11.0. The first-order chi connectivity index (χ1) is 14.7. The molecule has 3 rings (SSSR count). The Hall–Kier alpha value is -2.25. The zero-order valence-corrected chi connectivity index (χ0v) is 18.1. The molecule has 1 N–H and O–H groups in total. The van der Waals surface area contributed by atoms with Gasteiger partial charge in [-0.1, -0.05) is 19.1 Å². The molecule has 1 aliphatic heterocycles. The number of likely N-dealkylation sites (tertiary alicyclic amines) is 1. The van der Waals surface area contributed by atoms with Gasteiger partial charge in [-0.25, -0.2) is 4.79 Å². The van der Waals surface area contributed by atoms with Crippen molar-refractivity contribution in [3.8, 4) is 0 Å². The second-order valence-corrected chi connectivity index (χ2v) is 8.86. The van der Waals surface area contributed by atoms with Gasteiger partial charge in [-0.15, -0.1) is 0 Å². The van der Waals surface area contributed by atoms with E-state index in [9.17, 15) is 22.8 Å². The fourth-order valence-corrected chi connectivity index (χ4v) is 5.03. The number of ether oxygens (including phenoxy) is 1. The molecule has 1 aromatic carbocycles. The minimum absolute atomic E-state index is 0.0611. The zero-order valence-electron chi connectivity index (χ0n) is 18.1. The van der Waals surface area contributed by atoms with Crippen LogP contribution in [-0.2, 0) is 15.7 Å². The Morgan fingerprint density at radius 3 is 2.39 bits per heavy atom. The Kier molecular flexibility index (Phi) is 7.17. The summed E-state index contributed by atoms with van der Waals surface area (Å²) in [6, 6.07) is 5.58. The monoisotopic (exact) mass is 440 g/mol. The molecule has 2 aliphatic rings. The van der Waals surface area contributed by atoms with Crippen LogP contribution in [0.4, 0.5) is 18.0 Å². The Morgan fingerprint density at radius 1 is 1.19 bits per heavy atom. The molecule has 172 valence electrons. The van der Waals surface area contributed by atoms with E-state index < -0.39 is 17.8 Å². The summed E-state index contributed by atoms with van der Waals surface area (Å²) >= 11 is 0. The summed E-state index contributed by atoms with van der Waals surface area (Å²) < 4.78 is 43.0. The third-order valence-corrected chi connectivity index (χ3v) is 7.07. The van der Waals surface area contributed by atoms with Crippen LogP contribution in [0, 0.1) is 11.3 Å². The minimum Gasteiger partial charge on any atom is -0.453 e. The largest absolute Gasteiger partial charge is 0.453 e. The maximum Gasteiger partial charge on any atom is 0.416 e. The fraction of sp³-hybridized carbons (Fsp3) is 0.652. The summed E-state index contributed by atoms with van der Waals surface area (Å²) in [5.74, 6) is 0.0693. The molecule has 1 heterocycles. The van der Waals surface area contributed by atoms with Crippen LogP contribution < -0.4 is 5.32 Å². The number of nitrogens with one attached hydrogen (secondary N) is 1. The Labute approximate surface area is 181 Å². The topological polar surface area (TPSA) is 58.6 Å². The maximum atomic E-state index is 12.9. The van der Waals surface area contributed by atoms with E-state index in [2.05, 4.69) is 10.1 Å². The third kappa shape index (κ3) is 5.52. The third-order valence-electron chi connectivity index (χ3n) is 7.07. The number of rotatable bonds is 5. The number of piperidine rings is 1. The van der Waals surface area contributed by atoms with Crippen LogP contribution >= 0.6 is 0 Å². The summed E-state index contributed by atoms with van der Waals surface area (Å²) in [7, 11) is 1.29. The van der Waals surface area contributed by atoms with Gasteiger partial charge in [-0.05, 0) is 67.6 Å². The lowest BCUT2D eigenvalue weighted by Gasteiger charge is -2.40. The second-order valence-electron chi connectivity index (χ2n) is 8.86. The van der Waals surface area contributed by atoms with Crippen LogP contribution in [0.5, 0.6) is 0 Å². The van der Waals surface area contributed by atoms with E-state index in [0.717, 1.165) is 37.7 Å². The van der Waals surface area contributed by atoms with Crippen LogP contribution in [0.3, 0.4) is 0 Å². The Morgan fingerprint density at radius 2 is 1.84 bits per heavy atom. The second kappa shape index (κ2) is 9.49. The maximum absolute atomic E-state index is 12.9. The van der Waals surface area contributed by atoms with Crippen LogP contribution in [0.2, 0.25) is 0 Å². The molecule has 2 amide bonds. The molecule has 0 radical (unpaired) electrons. The average molecular weight is 441 g/mol. The molecular weight excluding hydrogens is 409 g/mol. The molecule has 1 aliphatic carbocycles. The minimum atomic E-state index is -4.31. The van der Waals surface area contributed by atoms with E-state index >= 15 is 0 Å².